The SMILES string of the molecule is C/C(F)=C1/O[C@H](COCc2ccccc2)[C@@H](OCc2ccccc2)[C@@H]1OCc1ccccc1. The first-order valence-electron chi connectivity index (χ1n) is 11.2. The third-order valence-electron chi connectivity index (χ3n) is 5.49. The summed E-state index contributed by atoms with van der Waals surface area (Å²) in [6.45, 7) is 2.78. The van der Waals surface area contributed by atoms with Gasteiger partial charge in [0, 0.05) is 0 Å². The second-order valence-electron chi connectivity index (χ2n) is 8.03. The molecule has 4 rings (SSSR count). The molecule has 3 atom stereocenters. The van der Waals surface area contributed by atoms with Crippen LogP contribution in [0.15, 0.2) is 103 Å². The monoisotopic (exact) mass is 448 g/mol. The molecular weight excluding hydrogens is 419 g/mol. The summed E-state index contributed by atoms with van der Waals surface area (Å²) in [5.74, 6) is -0.232. The van der Waals surface area contributed by atoms with Gasteiger partial charge >= 0.3 is 0 Å². The highest BCUT2D eigenvalue weighted by Gasteiger charge is 2.45. The van der Waals surface area contributed by atoms with E-state index in [-0.39, 0.29) is 12.4 Å². The fourth-order valence-corrected chi connectivity index (χ4v) is 3.81. The Kier molecular flexibility index (Phi) is 8.25. The smallest absolute Gasteiger partial charge is 0.159 e. The summed E-state index contributed by atoms with van der Waals surface area (Å²) < 4.78 is 38.8. The molecule has 33 heavy (non-hydrogen) atoms. The molecule has 5 heteroatoms. The molecule has 1 aliphatic rings. The van der Waals surface area contributed by atoms with Gasteiger partial charge in [0.2, 0.25) is 0 Å². The number of ether oxygens (including phenoxy) is 4. The van der Waals surface area contributed by atoms with Gasteiger partial charge in [-0.25, -0.2) is 4.39 Å². The van der Waals surface area contributed by atoms with E-state index in [2.05, 4.69) is 0 Å². The average molecular weight is 449 g/mol. The Labute approximate surface area is 194 Å². The Morgan fingerprint density at radius 2 is 1.21 bits per heavy atom. The minimum atomic E-state index is -0.663. The van der Waals surface area contributed by atoms with Gasteiger partial charge in [-0.05, 0) is 23.6 Å². The van der Waals surface area contributed by atoms with Crippen LogP contribution in [0.3, 0.4) is 0 Å². The molecule has 0 aromatic heterocycles. The summed E-state index contributed by atoms with van der Waals surface area (Å²) in [5, 5.41) is 0. The largest absolute Gasteiger partial charge is 0.484 e. The van der Waals surface area contributed by atoms with Crippen molar-refractivity contribution in [3.8, 4) is 0 Å². The van der Waals surface area contributed by atoms with Crippen LogP contribution in [0.25, 0.3) is 0 Å². The highest BCUT2D eigenvalue weighted by Crippen LogP contribution is 2.34. The lowest BCUT2D eigenvalue weighted by molar-refractivity contribution is -0.0894. The predicted molar refractivity (Wildman–Crippen MR) is 125 cm³/mol. The Morgan fingerprint density at radius 3 is 1.73 bits per heavy atom. The maximum Gasteiger partial charge on any atom is 0.159 e. The Hall–Kier alpha value is -2.99. The summed E-state index contributed by atoms with van der Waals surface area (Å²) in [6, 6.07) is 29.6. The van der Waals surface area contributed by atoms with E-state index in [1.54, 1.807) is 0 Å². The van der Waals surface area contributed by atoms with Gasteiger partial charge in [0.05, 0.1) is 26.4 Å². The quantitative estimate of drug-likeness (QED) is 0.383. The van der Waals surface area contributed by atoms with E-state index >= 15 is 0 Å². The number of halogens is 1. The van der Waals surface area contributed by atoms with Crippen molar-refractivity contribution in [1.29, 1.82) is 0 Å². The minimum Gasteiger partial charge on any atom is -0.484 e. The zero-order valence-electron chi connectivity index (χ0n) is 18.7. The first-order chi connectivity index (χ1) is 16.2. The van der Waals surface area contributed by atoms with Gasteiger partial charge in [-0.15, -0.1) is 0 Å². The zero-order chi connectivity index (χ0) is 22.9. The maximum absolute atomic E-state index is 14.5. The highest BCUT2D eigenvalue weighted by atomic mass is 19.1. The van der Waals surface area contributed by atoms with Crippen LogP contribution in [0.5, 0.6) is 0 Å². The van der Waals surface area contributed by atoms with Crippen molar-refractivity contribution in [2.45, 2.75) is 45.1 Å². The van der Waals surface area contributed by atoms with Crippen molar-refractivity contribution in [3.63, 3.8) is 0 Å². The Balaban J connectivity index is 1.48. The van der Waals surface area contributed by atoms with Gasteiger partial charge in [0.15, 0.2) is 11.9 Å². The number of hydrogen-bond acceptors (Lipinski definition) is 4. The van der Waals surface area contributed by atoms with E-state index < -0.39 is 24.1 Å². The lowest BCUT2D eigenvalue weighted by Crippen LogP contribution is -2.37. The van der Waals surface area contributed by atoms with Gasteiger partial charge in [-0.2, -0.15) is 0 Å². The summed E-state index contributed by atoms with van der Waals surface area (Å²) >= 11 is 0. The van der Waals surface area contributed by atoms with E-state index in [4.69, 9.17) is 18.9 Å². The normalized spacial score (nSPS) is 21.6. The van der Waals surface area contributed by atoms with Crippen LogP contribution in [-0.4, -0.2) is 24.9 Å². The van der Waals surface area contributed by atoms with E-state index in [1.807, 2.05) is 91.0 Å². The molecule has 172 valence electrons. The van der Waals surface area contributed by atoms with Crippen LogP contribution in [0.4, 0.5) is 4.39 Å². The van der Waals surface area contributed by atoms with Crippen molar-refractivity contribution in [2.75, 3.05) is 6.61 Å². The third-order valence-corrected chi connectivity index (χ3v) is 5.49. The number of allylic oxidation sites excluding steroid dienone is 1. The zero-order valence-corrected chi connectivity index (χ0v) is 18.7. The molecule has 1 aliphatic heterocycles. The standard InChI is InChI=1S/C28H29FO4/c1-21(29)26-28(32-19-24-15-9-4-10-16-24)27(31-18-23-13-7-3-8-14-23)25(33-26)20-30-17-22-11-5-2-6-12-22/h2-16,25,27-28H,17-20H2,1H3/b26-21-/t25-,27-,28-/m1/s1. The van der Waals surface area contributed by atoms with Crippen LogP contribution in [0.2, 0.25) is 0 Å². The molecule has 1 fully saturated rings. The molecule has 3 aromatic carbocycles. The molecule has 1 saturated heterocycles. The molecule has 0 bridgehead atoms. The van der Waals surface area contributed by atoms with Crippen LogP contribution in [0.1, 0.15) is 23.6 Å². The second-order valence-corrected chi connectivity index (χ2v) is 8.03. The minimum absolute atomic E-state index is 0.178. The molecule has 0 aliphatic carbocycles. The van der Waals surface area contributed by atoms with Crippen LogP contribution in [0, 0.1) is 0 Å². The molecule has 0 N–H and O–H groups in total. The number of hydrogen-bond donors (Lipinski definition) is 0. The third kappa shape index (κ3) is 6.51. The van der Waals surface area contributed by atoms with Crippen molar-refractivity contribution in [1.82, 2.24) is 0 Å². The fraction of sp³-hybridized carbons (Fsp3) is 0.286. The van der Waals surface area contributed by atoms with Crippen molar-refractivity contribution in [3.05, 3.63) is 119 Å². The van der Waals surface area contributed by atoms with Gasteiger partial charge < -0.3 is 18.9 Å². The first kappa shape index (κ1) is 23.2. The molecule has 0 spiro atoms. The van der Waals surface area contributed by atoms with Gasteiger partial charge in [0.25, 0.3) is 0 Å². The second kappa shape index (κ2) is 11.8. The van der Waals surface area contributed by atoms with Crippen LogP contribution >= 0.6 is 0 Å². The fourth-order valence-electron chi connectivity index (χ4n) is 3.81. The molecular formula is C28H29FO4. The summed E-state index contributed by atoms with van der Waals surface area (Å²) in [4.78, 5) is 0. The molecule has 0 saturated carbocycles. The Morgan fingerprint density at radius 1 is 0.727 bits per heavy atom. The molecule has 0 amide bonds. The summed E-state index contributed by atoms with van der Waals surface area (Å²) in [5.41, 5.74) is 3.09. The van der Waals surface area contributed by atoms with Gasteiger partial charge in [-0.3, -0.25) is 0 Å². The molecule has 1 heterocycles. The van der Waals surface area contributed by atoms with E-state index in [0.29, 0.717) is 19.8 Å². The highest BCUT2D eigenvalue weighted by molar-refractivity contribution is 5.18. The van der Waals surface area contributed by atoms with E-state index in [9.17, 15) is 4.39 Å². The Bertz CT molecular complexity index is 1000. The number of rotatable bonds is 10. The lowest BCUT2D eigenvalue weighted by Gasteiger charge is -2.23. The van der Waals surface area contributed by atoms with Gasteiger partial charge in [-0.1, -0.05) is 91.0 Å². The van der Waals surface area contributed by atoms with E-state index in [0.717, 1.165) is 16.7 Å². The maximum atomic E-state index is 14.5. The predicted octanol–water partition coefficient (Wildman–Crippen LogP) is 5.97. The topological polar surface area (TPSA) is 36.9 Å². The number of benzene rings is 3. The summed E-state index contributed by atoms with van der Waals surface area (Å²) in [7, 11) is 0. The average Bonchev–Trinajstić information content (AvgIpc) is 3.21. The van der Waals surface area contributed by atoms with Crippen molar-refractivity contribution in [2.24, 2.45) is 0 Å². The lowest BCUT2D eigenvalue weighted by atomic mass is 10.1. The van der Waals surface area contributed by atoms with Crippen molar-refractivity contribution < 1.29 is 23.3 Å². The summed E-state index contributed by atoms with van der Waals surface area (Å²) in [6.07, 6.45) is -1.66. The molecule has 3 aromatic rings. The molecule has 4 nitrogen and oxygen atoms in total. The van der Waals surface area contributed by atoms with Crippen molar-refractivity contribution >= 4 is 0 Å². The molecule has 0 unspecified atom stereocenters. The van der Waals surface area contributed by atoms with Crippen LogP contribution in [-0.2, 0) is 38.8 Å². The molecule has 0 radical (unpaired) electrons. The van der Waals surface area contributed by atoms with Gasteiger partial charge in [0.1, 0.15) is 18.0 Å². The van der Waals surface area contributed by atoms with Crippen LogP contribution < -0.4 is 0 Å². The van der Waals surface area contributed by atoms with E-state index in [1.165, 1.54) is 6.92 Å². The first-order valence-corrected chi connectivity index (χ1v) is 11.2.